The summed E-state index contributed by atoms with van der Waals surface area (Å²) in [7, 11) is 0. The molecule has 0 aliphatic carbocycles. The Labute approximate surface area is 124 Å². The molecule has 0 N–H and O–H groups in total. The highest BCUT2D eigenvalue weighted by Crippen LogP contribution is 2.25. The van der Waals surface area contributed by atoms with Crippen molar-refractivity contribution in [3.63, 3.8) is 0 Å². The van der Waals surface area contributed by atoms with Gasteiger partial charge in [-0.2, -0.15) is 0 Å². The smallest absolute Gasteiger partial charge is 0.232 e. The van der Waals surface area contributed by atoms with E-state index in [-0.39, 0.29) is 11.7 Å². The molecule has 21 heavy (non-hydrogen) atoms. The van der Waals surface area contributed by atoms with Crippen LogP contribution in [0.1, 0.15) is 26.3 Å². The van der Waals surface area contributed by atoms with Gasteiger partial charge in [0.2, 0.25) is 5.91 Å². The lowest BCUT2D eigenvalue weighted by Gasteiger charge is -2.29. The van der Waals surface area contributed by atoms with E-state index in [4.69, 9.17) is 0 Å². The van der Waals surface area contributed by atoms with Crippen LogP contribution in [0.5, 0.6) is 0 Å². The number of benzene rings is 1. The van der Waals surface area contributed by atoms with E-state index in [1.165, 1.54) is 12.1 Å². The molecule has 0 radical (unpaired) electrons. The average Bonchev–Trinajstić information content (AvgIpc) is 2.44. The summed E-state index contributed by atoms with van der Waals surface area (Å²) in [5.41, 5.74) is 0.910. The van der Waals surface area contributed by atoms with Gasteiger partial charge in [-0.25, -0.2) is 4.39 Å². The molecule has 1 heterocycles. The van der Waals surface area contributed by atoms with E-state index in [0.29, 0.717) is 12.2 Å². The van der Waals surface area contributed by atoms with Crippen molar-refractivity contribution in [2.24, 2.45) is 5.41 Å². The lowest BCUT2D eigenvalue weighted by atomic mass is 9.94. The van der Waals surface area contributed by atoms with E-state index in [1.807, 2.05) is 32.9 Å². The molecule has 110 valence electrons. The van der Waals surface area contributed by atoms with Crippen LogP contribution in [0.3, 0.4) is 0 Å². The van der Waals surface area contributed by atoms with Gasteiger partial charge in [0.1, 0.15) is 5.82 Å². The molecule has 0 saturated heterocycles. The van der Waals surface area contributed by atoms with Crippen molar-refractivity contribution in [3.8, 4) is 0 Å². The van der Waals surface area contributed by atoms with Crippen molar-refractivity contribution in [2.75, 3.05) is 4.90 Å². The highest BCUT2D eigenvalue weighted by molar-refractivity contribution is 5.96. The van der Waals surface area contributed by atoms with Crippen LogP contribution in [0, 0.1) is 11.2 Å². The Bertz CT molecular complexity index is 620. The number of aromatic nitrogens is 1. The molecule has 0 fully saturated rings. The maximum Gasteiger partial charge on any atom is 0.232 e. The summed E-state index contributed by atoms with van der Waals surface area (Å²) in [6.07, 6.45) is 3.39. The van der Waals surface area contributed by atoms with Gasteiger partial charge in [-0.05, 0) is 29.8 Å². The third-order valence-corrected chi connectivity index (χ3v) is 3.07. The summed E-state index contributed by atoms with van der Waals surface area (Å²) < 4.78 is 13.5. The van der Waals surface area contributed by atoms with E-state index in [2.05, 4.69) is 4.98 Å². The zero-order valence-corrected chi connectivity index (χ0v) is 12.5. The van der Waals surface area contributed by atoms with E-state index in [1.54, 1.807) is 29.4 Å². The Balaban J connectivity index is 2.37. The Hall–Kier alpha value is -2.23. The third kappa shape index (κ3) is 3.88. The fourth-order valence-electron chi connectivity index (χ4n) is 2.00. The summed E-state index contributed by atoms with van der Waals surface area (Å²) in [4.78, 5) is 18.3. The van der Waals surface area contributed by atoms with Crippen LogP contribution in [0.2, 0.25) is 0 Å². The monoisotopic (exact) mass is 286 g/mol. The fourth-order valence-corrected chi connectivity index (χ4v) is 2.00. The molecule has 1 amide bonds. The Morgan fingerprint density at radius 1 is 1.24 bits per heavy atom. The second-order valence-electron chi connectivity index (χ2n) is 5.98. The van der Waals surface area contributed by atoms with Crippen molar-refractivity contribution in [2.45, 2.75) is 27.3 Å². The van der Waals surface area contributed by atoms with Gasteiger partial charge in [-0.15, -0.1) is 0 Å². The summed E-state index contributed by atoms with van der Waals surface area (Å²) in [5, 5.41) is 0. The molecule has 2 rings (SSSR count). The van der Waals surface area contributed by atoms with Crippen LogP contribution in [-0.2, 0) is 11.3 Å². The first-order valence-electron chi connectivity index (χ1n) is 6.84. The zero-order valence-electron chi connectivity index (χ0n) is 12.5. The minimum absolute atomic E-state index is 0.0584. The average molecular weight is 286 g/mol. The number of pyridine rings is 1. The van der Waals surface area contributed by atoms with E-state index in [0.717, 1.165) is 5.56 Å². The van der Waals surface area contributed by atoms with Crippen molar-refractivity contribution < 1.29 is 9.18 Å². The van der Waals surface area contributed by atoms with Crippen LogP contribution in [-0.4, -0.2) is 10.9 Å². The molecule has 0 unspecified atom stereocenters. The zero-order chi connectivity index (χ0) is 15.5. The summed E-state index contributed by atoms with van der Waals surface area (Å²) in [6, 6.07) is 9.81. The SMILES string of the molecule is CC(C)(C)C(=O)N(Cc1cccnc1)c1cccc(F)c1. The number of anilines is 1. The third-order valence-electron chi connectivity index (χ3n) is 3.07. The number of hydrogen-bond acceptors (Lipinski definition) is 2. The maximum absolute atomic E-state index is 13.5. The van der Waals surface area contributed by atoms with Crippen LogP contribution in [0.4, 0.5) is 10.1 Å². The highest BCUT2D eigenvalue weighted by atomic mass is 19.1. The topological polar surface area (TPSA) is 33.2 Å². The van der Waals surface area contributed by atoms with Gasteiger partial charge in [-0.1, -0.05) is 32.9 Å². The quantitative estimate of drug-likeness (QED) is 0.860. The molecule has 4 heteroatoms. The second-order valence-corrected chi connectivity index (χ2v) is 5.98. The van der Waals surface area contributed by atoms with Gasteiger partial charge < -0.3 is 4.90 Å². The Morgan fingerprint density at radius 3 is 2.57 bits per heavy atom. The molecule has 0 saturated carbocycles. The highest BCUT2D eigenvalue weighted by Gasteiger charge is 2.28. The van der Waals surface area contributed by atoms with E-state index >= 15 is 0 Å². The summed E-state index contributed by atoms with van der Waals surface area (Å²) in [5.74, 6) is -0.414. The molecule has 0 spiro atoms. The van der Waals surface area contributed by atoms with Crippen molar-refractivity contribution in [1.29, 1.82) is 0 Å². The predicted molar refractivity (Wildman–Crippen MR) is 81.3 cm³/mol. The fraction of sp³-hybridized carbons (Fsp3) is 0.294. The number of nitrogens with zero attached hydrogens (tertiary/aromatic N) is 2. The molecule has 0 aliphatic heterocycles. The molecular weight excluding hydrogens is 267 g/mol. The van der Waals surface area contributed by atoms with E-state index < -0.39 is 5.41 Å². The Kier molecular flexibility index (Phi) is 4.36. The number of hydrogen-bond donors (Lipinski definition) is 0. The first-order valence-corrected chi connectivity index (χ1v) is 6.84. The molecular formula is C17H19FN2O. The first-order chi connectivity index (χ1) is 9.88. The van der Waals surface area contributed by atoms with Gasteiger partial charge in [0.25, 0.3) is 0 Å². The molecule has 0 bridgehead atoms. The van der Waals surface area contributed by atoms with Gasteiger partial charge in [0, 0.05) is 23.5 Å². The van der Waals surface area contributed by atoms with Gasteiger partial charge in [-0.3, -0.25) is 9.78 Å². The molecule has 1 aromatic heterocycles. The molecule has 2 aromatic rings. The minimum atomic E-state index is -0.547. The largest absolute Gasteiger partial charge is 0.307 e. The second kappa shape index (κ2) is 6.04. The maximum atomic E-state index is 13.5. The minimum Gasteiger partial charge on any atom is -0.307 e. The van der Waals surface area contributed by atoms with Gasteiger partial charge in [0.05, 0.1) is 6.54 Å². The number of halogens is 1. The number of amides is 1. The predicted octanol–water partition coefficient (Wildman–Crippen LogP) is 3.80. The molecule has 3 nitrogen and oxygen atoms in total. The molecule has 1 aromatic carbocycles. The summed E-state index contributed by atoms with van der Waals surface area (Å²) >= 11 is 0. The van der Waals surface area contributed by atoms with Crippen LogP contribution < -0.4 is 4.90 Å². The van der Waals surface area contributed by atoms with Crippen molar-refractivity contribution >= 4 is 11.6 Å². The number of carbonyl (C=O) groups is 1. The van der Waals surface area contributed by atoms with Crippen LogP contribution in [0.25, 0.3) is 0 Å². The lowest BCUT2D eigenvalue weighted by Crippen LogP contribution is -2.39. The summed E-state index contributed by atoms with van der Waals surface area (Å²) in [6.45, 7) is 5.92. The number of carbonyl (C=O) groups excluding carboxylic acids is 1. The first kappa shape index (κ1) is 15.2. The normalized spacial score (nSPS) is 11.2. The van der Waals surface area contributed by atoms with Crippen molar-refractivity contribution in [3.05, 3.63) is 60.2 Å². The van der Waals surface area contributed by atoms with Crippen molar-refractivity contribution in [1.82, 2.24) is 4.98 Å². The standard InChI is InChI=1S/C17H19FN2O/c1-17(2,3)16(21)20(12-13-6-5-9-19-11-13)15-8-4-7-14(18)10-15/h4-11H,12H2,1-3H3. The Morgan fingerprint density at radius 2 is 2.00 bits per heavy atom. The molecule has 0 atom stereocenters. The molecule has 0 aliphatic rings. The number of rotatable bonds is 3. The van der Waals surface area contributed by atoms with Crippen LogP contribution >= 0.6 is 0 Å². The van der Waals surface area contributed by atoms with E-state index in [9.17, 15) is 9.18 Å². The van der Waals surface area contributed by atoms with Gasteiger partial charge in [0.15, 0.2) is 0 Å². The lowest BCUT2D eigenvalue weighted by molar-refractivity contribution is -0.125. The van der Waals surface area contributed by atoms with Gasteiger partial charge >= 0.3 is 0 Å². The van der Waals surface area contributed by atoms with Crippen LogP contribution in [0.15, 0.2) is 48.8 Å².